The number of benzene rings is 1. The van der Waals surface area contributed by atoms with E-state index >= 15 is 0 Å². The zero-order valence-electron chi connectivity index (χ0n) is 13.2. The van der Waals surface area contributed by atoms with Gasteiger partial charge in [-0.3, -0.25) is 14.6 Å². The highest BCUT2D eigenvalue weighted by Gasteiger charge is 2.23. The summed E-state index contributed by atoms with van der Waals surface area (Å²) >= 11 is 0. The lowest BCUT2D eigenvalue weighted by atomic mass is 10.2. The first-order chi connectivity index (χ1) is 12.1. The summed E-state index contributed by atoms with van der Waals surface area (Å²) < 4.78 is 5.00. The first-order valence-electron chi connectivity index (χ1n) is 7.83. The molecule has 0 atom stereocenters. The molecule has 1 saturated heterocycles. The molecule has 1 aliphatic rings. The van der Waals surface area contributed by atoms with Crippen molar-refractivity contribution < 1.29 is 9.21 Å². The number of amides is 1. The number of anilines is 1. The third-order valence-corrected chi connectivity index (χ3v) is 4.23. The minimum atomic E-state index is -0.476. The standard InChI is InChI=1S/C16H15N5O4/c22-14-4-2-11(18-19-14)15(23)21-7-5-20(6-8-21)10-1-3-13-12(9-10)17-16(24)25-13/h1-4,9H,5-8H2,(H,17,24)(H,19,22). The number of H-pyrrole nitrogens is 2. The number of nitrogens with zero attached hydrogens (tertiary/aromatic N) is 3. The first-order valence-corrected chi connectivity index (χ1v) is 7.83. The van der Waals surface area contributed by atoms with E-state index in [0.717, 1.165) is 5.69 Å². The molecule has 0 radical (unpaired) electrons. The average Bonchev–Trinajstić information content (AvgIpc) is 3.01. The van der Waals surface area contributed by atoms with Gasteiger partial charge in [-0.2, -0.15) is 5.10 Å². The third kappa shape index (κ3) is 2.91. The summed E-state index contributed by atoms with van der Waals surface area (Å²) in [5.74, 6) is -0.679. The average molecular weight is 341 g/mol. The lowest BCUT2D eigenvalue weighted by Crippen LogP contribution is -2.49. The molecule has 1 fully saturated rings. The largest absolute Gasteiger partial charge is 0.417 e. The maximum atomic E-state index is 12.4. The molecule has 1 aliphatic heterocycles. The molecule has 2 N–H and O–H groups in total. The van der Waals surface area contributed by atoms with Crippen molar-refractivity contribution in [3.05, 3.63) is 56.9 Å². The van der Waals surface area contributed by atoms with Gasteiger partial charge in [-0.15, -0.1) is 0 Å². The number of hydrogen-bond acceptors (Lipinski definition) is 6. The Morgan fingerprint density at radius 1 is 1.08 bits per heavy atom. The zero-order valence-corrected chi connectivity index (χ0v) is 13.2. The summed E-state index contributed by atoms with van der Waals surface area (Å²) in [6.45, 7) is 2.39. The predicted octanol–water partition coefficient (Wildman–Crippen LogP) is 0.167. The number of oxazole rings is 1. The second kappa shape index (κ2) is 5.93. The van der Waals surface area contributed by atoms with E-state index in [1.807, 2.05) is 12.1 Å². The van der Waals surface area contributed by atoms with E-state index in [1.165, 1.54) is 12.1 Å². The molecule has 0 bridgehead atoms. The second-order valence-electron chi connectivity index (χ2n) is 5.78. The zero-order chi connectivity index (χ0) is 17.4. The van der Waals surface area contributed by atoms with Crippen LogP contribution in [0.5, 0.6) is 0 Å². The number of piperazine rings is 1. The Kier molecular flexibility index (Phi) is 3.60. The molecule has 9 nitrogen and oxygen atoms in total. The maximum absolute atomic E-state index is 12.4. The molecule has 3 aromatic rings. The molecule has 0 aliphatic carbocycles. The van der Waals surface area contributed by atoms with Gasteiger partial charge in [0, 0.05) is 37.9 Å². The Morgan fingerprint density at radius 3 is 2.60 bits per heavy atom. The molecule has 1 aromatic carbocycles. The molecular weight excluding hydrogens is 326 g/mol. The molecule has 4 rings (SSSR count). The third-order valence-electron chi connectivity index (χ3n) is 4.23. The number of fused-ring (bicyclic) bond motifs is 1. The van der Waals surface area contributed by atoms with Gasteiger partial charge in [0.25, 0.3) is 11.5 Å². The van der Waals surface area contributed by atoms with Crippen molar-refractivity contribution in [3.8, 4) is 0 Å². The van der Waals surface area contributed by atoms with Crippen molar-refractivity contribution in [2.24, 2.45) is 0 Å². The van der Waals surface area contributed by atoms with Crippen LogP contribution in [0, 0.1) is 0 Å². The van der Waals surface area contributed by atoms with Gasteiger partial charge < -0.3 is 14.2 Å². The molecule has 9 heteroatoms. The number of aromatic nitrogens is 3. The lowest BCUT2D eigenvalue weighted by molar-refractivity contribution is 0.0739. The van der Waals surface area contributed by atoms with Crippen LogP contribution in [0.1, 0.15) is 10.5 Å². The number of hydrogen-bond donors (Lipinski definition) is 2. The van der Waals surface area contributed by atoms with E-state index in [2.05, 4.69) is 20.1 Å². The van der Waals surface area contributed by atoms with E-state index in [4.69, 9.17) is 4.42 Å². The molecule has 1 amide bonds. The molecule has 128 valence electrons. The molecule has 0 unspecified atom stereocenters. The van der Waals surface area contributed by atoms with Crippen molar-refractivity contribution in [1.82, 2.24) is 20.1 Å². The summed E-state index contributed by atoms with van der Waals surface area (Å²) in [5.41, 5.74) is 2.02. The van der Waals surface area contributed by atoms with Gasteiger partial charge in [0.1, 0.15) is 5.69 Å². The van der Waals surface area contributed by atoms with Gasteiger partial charge in [-0.1, -0.05) is 0 Å². The van der Waals surface area contributed by atoms with Crippen LogP contribution in [0.2, 0.25) is 0 Å². The van der Waals surface area contributed by atoms with Crippen molar-refractivity contribution in [2.75, 3.05) is 31.1 Å². The van der Waals surface area contributed by atoms with Gasteiger partial charge in [0.05, 0.1) is 5.52 Å². The van der Waals surface area contributed by atoms with Crippen LogP contribution in [0.25, 0.3) is 11.1 Å². The fourth-order valence-corrected chi connectivity index (χ4v) is 2.93. The van der Waals surface area contributed by atoms with E-state index < -0.39 is 5.76 Å². The van der Waals surface area contributed by atoms with Gasteiger partial charge >= 0.3 is 5.76 Å². The van der Waals surface area contributed by atoms with E-state index in [1.54, 1.807) is 11.0 Å². The number of rotatable bonds is 2. The first kappa shape index (κ1) is 15.2. The topological polar surface area (TPSA) is 115 Å². The number of nitrogens with one attached hydrogen (secondary N) is 2. The molecule has 0 spiro atoms. The van der Waals surface area contributed by atoms with E-state index in [-0.39, 0.29) is 17.2 Å². The van der Waals surface area contributed by atoms with Crippen molar-refractivity contribution in [1.29, 1.82) is 0 Å². The quantitative estimate of drug-likeness (QED) is 0.686. The number of aromatic amines is 2. The monoisotopic (exact) mass is 341 g/mol. The Bertz CT molecular complexity index is 1020. The van der Waals surface area contributed by atoms with Crippen LogP contribution in [0.3, 0.4) is 0 Å². The highest BCUT2D eigenvalue weighted by Crippen LogP contribution is 2.21. The lowest BCUT2D eigenvalue weighted by Gasteiger charge is -2.35. The summed E-state index contributed by atoms with van der Waals surface area (Å²) in [6.07, 6.45) is 0. The van der Waals surface area contributed by atoms with Gasteiger partial charge in [-0.05, 0) is 24.3 Å². The number of carbonyl (C=O) groups excluding carboxylic acids is 1. The van der Waals surface area contributed by atoms with Gasteiger partial charge in [0.2, 0.25) is 0 Å². The fraction of sp³-hybridized carbons (Fsp3) is 0.250. The van der Waals surface area contributed by atoms with E-state index in [0.29, 0.717) is 37.3 Å². The highest BCUT2D eigenvalue weighted by molar-refractivity contribution is 5.92. The van der Waals surface area contributed by atoms with Crippen LogP contribution in [-0.2, 0) is 0 Å². The Morgan fingerprint density at radius 2 is 1.88 bits per heavy atom. The fourth-order valence-electron chi connectivity index (χ4n) is 2.93. The van der Waals surface area contributed by atoms with Gasteiger partial charge in [-0.25, -0.2) is 9.89 Å². The molecular formula is C16H15N5O4. The second-order valence-corrected chi connectivity index (χ2v) is 5.78. The van der Waals surface area contributed by atoms with Crippen LogP contribution >= 0.6 is 0 Å². The summed E-state index contributed by atoms with van der Waals surface area (Å²) in [6, 6.07) is 8.22. The normalized spacial score (nSPS) is 14.9. The van der Waals surface area contributed by atoms with Crippen molar-refractivity contribution in [2.45, 2.75) is 0 Å². The Labute approximate surface area is 140 Å². The molecule has 25 heavy (non-hydrogen) atoms. The SMILES string of the molecule is O=C(c1ccc(=O)[nH]n1)N1CCN(c2ccc3oc(=O)[nH]c3c2)CC1. The molecule has 3 heterocycles. The minimum absolute atomic E-state index is 0.203. The van der Waals surface area contributed by atoms with Crippen LogP contribution in [0.15, 0.2) is 44.3 Å². The van der Waals surface area contributed by atoms with Crippen molar-refractivity contribution in [3.63, 3.8) is 0 Å². The van der Waals surface area contributed by atoms with Crippen molar-refractivity contribution >= 4 is 22.7 Å². The minimum Gasteiger partial charge on any atom is -0.408 e. The smallest absolute Gasteiger partial charge is 0.408 e. The summed E-state index contributed by atoms with van der Waals surface area (Å²) in [5, 5.41) is 6.05. The summed E-state index contributed by atoms with van der Waals surface area (Å²) in [4.78, 5) is 41.2. The summed E-state index contributed by atoms with van der Waals surface area (Å²) in [7, 11) is 0. The Balaban J connectivity index is 1.46. The van der Waals surface area contributed by atoms with Crippen LogP contribution < -0.4 is 16.2 Å². The molecule has 2 aromatic heterocycles. The predicted molar refractivity (Wildman–Crippen MR) is 89.8 cm³/mol. The maximum Gasteiger partial charge on any atom is 0.417 e. The van der Waals surface area contributed by atoms with Gasteiger partial charge in [0.15, 0.2) is 5.58 Å². The highest BCUT2D eigenvalue weighted by atomic mass is 16.4. The van der Waals surface area contributed by atoms with E-state index in [9.17, 15) is 14.4 Å². The van der Waals surface area contributed by atoms with Crippen LogP contribution in [0.4, 0.5) is 5.69 Å². The van der Waals surface area contributed by atoms with Crippen LogP contribution in [-0.4, -0.2) is 52.2 Å². The molecule has 0 saturated carbocycles. The number of carbonyl (C=O) groups is 1. The Hall–Kier alpha value is -3.36.